The number of hydrogen-bond donors (Lipinski definition) is 1. The number of hydrogen-bond acceptors (Lipinski definition) is 2. The van der Waals surface area contributed by atoms with Gasteiger partial charge in [-0.2, -0.15) is 0 Å². The van der Waals surface area contributed by atoms with Gasteiger partial charge in [0.25, 0.3) is 10.0 Å². The lowest BCUT2D eigenvalue weighted by atomic mass is 10.1. The van der Waals surface area contributed by atoms with E-state index in [0.717, 1.165) is 16.7 Å². The third-order valence-electron chi connectivity index (χ3n) is 3.16. The van der Waals surface area contributed by atoms with E-state index in [0.29, 0.717) is 10.7 Å². The van der Waals surface area contributed by atoms with Crippen LogP contribution in [0.1, 0.15) is 16.7 Å². The van der Waals surface area contributed by atoms with Gasteiger partial charge >= 0.3 is 0 Å². The Bertz CT molecular complexity index is 754. The van der Waals surface area contributed by atoms with E-state index in [4.69, 9.17) is 11.6 Å². The van der Waals surface area contributed by atoms with Gasteiger partial charge < -0.3 is 0 Å². The fourth-order valence-electron chi connectivity index (χ4n) is 1.79. The Hall–Kier alpha value is -1.52. The highest BCUT2D eigenvalue weighted by Gasteiger charge is 2.16. The molecule has 2 aromatic carbocycles. The topological polar surface area (TPSA) is 46.2 Å². The summed E-state index contributed by atoms with van der Waals surface area (Å²) in [6, 6.07) is 10.2. The molecule has 0 heterocycles. The van der Waals surface area contributed by atoms with Gasteiger partial charge in [0.15, 0.2) is 0 Å². The van der Waals surface area contributed by atoms with E-state index in [9.17, 15) is 8.42 Å². The van der Waals surface area contributed by atoms with Gasteiger partial charge in [-0.3, -0.25) is 4.72 Å². The Labute approximate surface area is 124 Å². The average molecular weight is 310 g/mol. The van der Waals surface area contributed by atoms with Crippen molar-refractivity contribution in [3.8, 4) is 0 Å². The van der Waals surface area contributed by atoms with Gasteiger partial charge in [-0.25, -0.2) is 8.42 Å². The highest BCUT2D eigenvalue weighted by atomic mass is 35.5. The van der Waals surface area contributed by atoms with Crippen molar-refractivity contribution in [3.05, 3.63) is 58.1 Å². The summed E-state index contributed by atoms with van der Waals surface area (Å²) in [5.41, 5.74) is 3.35. The van der Waals surface area contributed by atoms with Crippen molar-refractivity contribution >= 4 is 27.3 Å². The first kappa shape index (κ1) is 14.9. The monoisotopic (exact) mass is 309 g/mol. The lowest BCUT2D eigenvalue weighted by Crippen LogP contribution is -2.13. The van der Waals surface area contributed by atoms with Crippen LogP contribution in [0.5, 0.6) is 0 Å². The van der Waals surface area contributed by atoms with E-state index in [1.54, 1.807) is 30.3 Å². The van der Waals surface area contributed by atoms with Crippen LogP contribution in [0.3, 0.4) is 0 Å². The van der Waals surface area contributed by atoms with Gasteiger partial charge in [0, 0.05) is 0 Å². The Balaban J connectivity index is 2.38. The molecule has 0 spiro atoms. The van der Waals surface area contributed by atoms with Crippen molar-refractivity contribution < 1.29 is 8.42 Å². The minimum absolute atomic E-state index is 0.234. The zero-order valence-electron chi connectivity index (χ0n) is 11.6. The average Bonchev–Trinajstić information content (AvgIpc) is 2.36. The van der Waals surface area contributed by atoms with Crippen molar-refractivity contribution in [2.45, 2.75) is 25.7 Å². The predicted molar refractivity (Wildman–Crippen MR) is 82.9 cm³/mol. The van der Waals surface area contributed by atoms with Gasteiger partial charge in [0.2, 0.25) is 0 Å². The molecule has 0 aromatic heterocycles. The fraction of sp³-hybridized carbons (Fsp3) is 0.200. The first-order valence-corrected chi connectivity index (χ1v) is 8.02. The van der Waals surface area contributed by atoms with E-state index < -0.39 is 10.0 Å². The standard InChI is InChI=1S/C15H16ClNO2S/c1-10-4-7-15(14(16)8-10)17-20(18,19)13-6-5-11(2)12(3)9-13/h4-9,17H,1-3H3. The molecule has 0 aliphatic heterocycles. The lowest BCUT2D eigenvalue weighted by Gasteiger charge is -2.11. The highest BCUT2D eigenvalue weighted by molar-refractivity contribution is 7.92. The number of benzene rings is 2. The smallest absolute Gasteiger partial charge is 0.261 e. The predicted octanol–water partition coefficient (Wildman–Crippen LogP) is 4.07. The molecule has 20 heavy (non-hydrogen) atoms. The molecule has 0 atom stereocenters. The number of anilines is 1. The summed E-state index contributed by atoms with van der Waals surface area (Å²) in [7, 11) is -3.62. The summed E-state index contributed by atoms with van der Waals surface area (Å²) in [6.45, 7) is 5.72. The second kappa shape index (κ2) is 5.46. The van der Waals surface area contributed by atoms with Crippen LogP contribution in [-0.2, 0) is 10.0 Å². The zero-order chi connectivity index (χ0) is 14.9. The number of sulfonamides is 1. The van der Waals surface area contributed by atoms with Crippen LogP contribution in [0.15, 0.2) is 41.3 Å². The van der Waals surface area contributed by atoms with Crippen LogP contribution in [0.2, 0.25) is 5.02 Å². The summed E-state index contributed by atoms with van der Waals surface area (Å²) in [4.78, 5) is 0.234. The summed E-state index contributed by atoms with van der Waals surface area (Å²) in [5, 5.41) is 0.386. The first-order chi connectivity index (χ1) is 9.29. The maximum absolute atomic E-state index is 12.3. The molecular formula is C15H16ClNO2S. The largest absolute Gasteiger partial charge is 0.278 e. The van der Waals surface area contributed by atoms with E-state index >= 15 is 0 Å². The molecule has 5 heteroatoms. The second-order valence-corrected chi connectivity index (χ2v) is 6.92. The molecule has 0 bridgehead atoms. The van der Waals surface area contributed by atoms with Crippen LogP contribution < -0.4 is 4.72 Å². The maximum atomic E-state index is 12.3. The van der Waals surface area contributed by atoms with Gasteiger partial charge in [0.1, 0.15) is 0 Å². The van der Waals surface area contributed by atoms with Crippen molar-refractivity contribution in [1.82, 2.24) is 0 Å². The van der Waals surface area contributed by atoms with Crippen molar-refractivity contribution in [2.24, 2.45) is 0 Å². The van der Waals surface area contributed by atoms with Crippen LogP contribution in [-0.4, -0.2) is 8.42 Å². The van der Waals surface area contributed by atoms with E-state index in [2.05, 4.69) is 4.72 Å². The number of rotatable bonds is 3. The molecular weight excluding hydrogens is 294 g/mol. The third kappa shape index (κ3) is 3.14. The molecule has 2 aromatic rings. The number of aryl methyl sites for hydroxylation is 3. The molecule has 1 N–H and O–H groups in total. The van der Waals surface area contributed by atoms with E-state index in [1.165, 1.54) is 0 Å². The van der Waals surface area contributed by atoms with Crippen LogP contribution in [0, 0.1) is 20.8 Å². The minimum atomic E-state index is -3.62. The summed E-state index contributed by atoms with van der Waals surface area (Å²) in [5.74, 6) is 0. The molecule has 0 unspecified atom stereocenters. The fourth-order valence-corrected chi connectivity index (χ4v) is 3.29. The van der Waals surface area contributed by atoms with Crippen molar-refractivity contribution in [2.75, 3.05) is 4.72 Å². The molecule has 106 valence electrons. The molecule has 0 saturated carbocycles. The van der Waals surface area contributed by atoms with E-state index in [1.807, 2.05) is 26.8 Å². The van der Waals surface area contributed by atoms with Crippen molar-refractivity contribution in [1.29, 1.82) is 0 Å². The molecule has 2 rings (SSSR count). The van der Waals surface area contributed by atoms with E-state index in [-0.39, 0.29) is 4.90 Å². The Morgan fingerprint density at radius 1 is 0.950 bits per heavy atom. The van der Waals surface area contributed by atoms with Gasteiger partial charge in [-0.05, 0) is 61.7 Å². The zero-order valence-corrected chi connectivity index (χ0v) is 13.1. The van der Waals surface area contributed by atoms with Gasteiger partial charge in [-0.1, -0.05) is 23.7 Å². The van der Waals surface area contributed by atoms with Gasteiger partial charge in [0.05, 0.1) is 15.6 Å². The Kier molecular flexibility index (Phi) is 4.06. The Morgan fingerprint density at radius 3 is 2.25 bits per heavy atom. The van der Waals surface area contributed by atoms with Crippen LogP contribution in [0.4, 0.5) is 5.69 Å². The first-order valence-electron chi connectivity index (χ1n) is 6.16. The number of nitrogens with one attached hydrogen (secondary N) is 1. The molecule has 0 radical (unpaired) electrons. The summed E-state index contributed by atoms with van der Waals surface area (Å²) >= 11 is 6.05. The molecule has 0 fully saturated rings. The number of halogens is 1. The SMILES string of the molecule is Cc1ccc(NS(=O)(=O)c2ccc(C)c(C)c2)c(Cl)c1. The van der Waals surface area contributed by atoms with Gasteiger partial charge in [-0.15, -0.1) is 0 Å². The quantitative estimate of drug-likeness (QED) is 0.929. The van der Waals surface area contributed by atoms with Crippen LogP contribution >= 0.6 is 11.6 Å². The van der Waals surface area contributed by atoms with Crippen molar-refractivity contribution in [3.63, 3.8) is 0 Å². The Morgan fingerprint density at radius 2 is 1.65 bits per heavy atom. The summed E-state index contributed by atoms with van der Waals surface area (Å²) in [6.07, 6.45) is 0. The third-order valence-corrected chi connectivity index (χ3v) is 4.83. The normalized spacial score (nSPS) is 11.4. The molecule has 0 saturated heterocycles. The molecule has 3 nitrogen and oxygen atoms in total. The lowest BCUT2D eigenvalue weighted by molar-refractivity contribution is 0.601. The maximum Gasteiger partial charge on any atom is 0.261 e. The minimum Gasteiger partial charge on any atom is -0.278 e. The molecule has 0 aliphatic rings. The molecule has 0 aliphatic carbocycles. The second-order valence-electron chi connectivity index (χ2n) is 4.83. The van der Waals surface area contributed by atoms with Crippen LogP contribution in [0.25, 0.3) is 0 Å². The molecule has 0 amide bonds. The highest BCUT2D eigenvalue weighted by Crippen LogP contribution is 2.26. The summed E-state index contributed by atoms with van der Waals surface area (Å²) < 4.78 is 27.2.